The molecular weight excluding hydrogens is 298 g/mol. The monoisotopic (exact) mass is 310 g/mol. The van der Waals surface area contributed by atoms with Crippen LogP contribution in [0.15, 0.2) is 36.4 Å². The molecule has 0 aliphatic heterocycles. The van der Waals surface area contributed by atoms with Crippen molar-refractivity contribution in [3.63, 3.8) is 0 Å². The van der Waals surface area contributed by atoms with E-state index in [1.807, 2.05) is 0 Å². The van der Waals surface area contributed by atoms with E-state index in [0.717, 1.165) is 6.07 Å². The third-order valence-electron chi connectivity index (χ3n) is 2.84. The average molecular weight is 311 g/mol. The molecule has 0 atom stereocenters. The van der Waals surface area contributed by atoms with Gasteiger partial charge in [0.2, 0.25) is 5.91 Å². The van der Waals surface area contributed by atoms with E-state index in [9.17, 15) is 13.6 Å². The zero-order chi connectivity index (χ0) is 15.4. The molecule has 0 saturated heterocycles. The molecule has 2 aromatic carbocycles. The zero-order valence-electron chi connectivity index (χ0n) is 11.2. The highest BCUT2D eigenvalue weighted by Gasteiger charge is 2.12. The van der Waals surface area contributed by atoms with Gasteiger partial charge in [-0.1, -0.05) is 17.7 Å². The smallest absolute Gasteiger partial charge is 0.243 e. The summed E-state index contributed by atoms with van der Waals surface area (Å²) in [5.74, 6) is -1.86. The number of hydrogen-bond acceptors (Lipinski definition) is 2. The maximum Gasteiger partial charge on any atom is 0.243 e. The first-order valence-electron chi connectivity index (χ1n) is 6.21. The van der Waals surface area contributed by atoms with Crippen LogP contribution in [0.25, 0.3) is 0 Å². The standard InChI is InChI=1S/C15H13ClF2N2O/c1-9-2-7-12(17)15(14(9)18)19-8-13(21)20-11-5-3-10(16)4-6-11/h2-7,19H,8H2,1H3,(H,20,21). The summed E-state index contributed by atoms with van der Waals surface area (Å²) in [6.45, 7) is 1.27. The van der Waals surface area contributed by atoms with Gasteiger partial charge in [-0.2, -0.15) is 0 Å². The van der Waals surface area contributed by atoms with Gasteiger partial charge in [0.05, 0.1) is 6.54 Å². The van der Waals surface area contributed by atoms with Crippen molar-refractivity contribution >= 4 is 28.9 Å². The number of amides is 1. The summed E-state index contributed by atoms with van der Waals surface area (Å²) in [6, 6.07) is 9.01. The Hall–Kier alpha value is -2.14. The normalized spacial score (nSPS) is 10.3. The number of halogens is 3. The van der Waals surface area contributed by atoms with Gasteiger partial charge in [0.25, 0.3) is 0 Å². The maximum atomic E-state index is 13.7. The number of rotatable bonds is 4. The van der Waals surface area contributed by atoms with Crippen molar-refractivity contribution in [2.75, 3.05) is 17.2 Å². The van der Waals surface area contributed by atoms with Gasteiger partial charge in [-0.3, -0.25) is 4.79 Å². The van der Waals surface area contributed by atoms with Crippen molar-refractivity contribution < 1.29 is 13.6 Å². The maximum absolute atomic E-state index is 13.7. The number of nitrogens with one attached hydrogen (secondary N) is 2. The summed E-state index contributed by atoms with van der Waals surface area (Å²) in [5, 5.41) is 5.60. The quantitative estimate of drug-likeness (QED) is 0.897. The molecule has 110 valence electrons. The largest absolute Gasteiger partial charge is 0.371 e. The Morgan fingerprint density at radius 3 is 2.48 bits per heavy atom. The van der Waals surface area contributed by atoms with Crippen molar-refractivity contribution in [2.45, 2.75) is 6.92 Å². The molecule has 0 aliphatic carbocycles. The molecule has 0 aliphatic rings. The van der Waals surface area contributed by atoms with Crippen LogP contribution in [-0.2, 0) is 4.79 Å². The van der Waals surface area contributed by atoms with Gasteiger partial charge in [0, 0.05) is 10.7 Å². The fourth-order valence-corrected chi connectivity index (χ4v) is 1.85. The van der Waals surface area contributed by atoms with Crippen LogP contribution in [0.2, 0.25) is 5.02 Å². The van der Waals surface area contributed by atoms with Gasteiger partial charge in [0.1, 0.15) is 11.5 Å². The molecular formula is C15H13ClF2N2O. The summed E-state index contributed by atoms with van der Waals surface area (Å²) in [5.41, 5.74) is 0.551. The average Bonchev–Trinajstić information content (AvgIpc) is 2.45. The second-order valence-electron chi connectivity index (χ2n) is 4.46. The van der Waals surface area contributed by atoms with Crippen LogP contribution < -0.4 is 10.6 Å². The van der Waals surface area contributed by atoms with Gasteiger partial charge in [-0.15, -0.1) is 0 Å². The molecule has 0 heterocycles. The third kappa shape index (κ3) is 3.92. The van der Waals surface area contributed by atoms with Gasteiger partial charge in [-0.05, 0) is 42.8 Å². The Morgan fingerprint density at radius 1 is 1.14 bits per heavy atom. The lowest BCUT2D eigenvalue weighted by atomic mass is 10.2. The van der Waals surface area contributed by atoms with Crippen LogP contribution in [0.5, 0.6) is 0 Å². The lowest BCUT2D eigenvalue weighted by Gasteiger charge is -2.10. The van der Waals surface area contributed by atoms with Crippen LogP contribution in [0.3, 0.4) is 0 Å². The Bertz CT molecular complexity index is 659. The van der Waals surface area contributed by atoms with Crippen LogP contribution in [0.4, 0.5) is 20.2 Å². The first-order valence-corrected chi connectivity index (χ1v) is 6.59. The van der Waals surface area contributed by atoms with E-state index in [1.165, 1.54) is 13.0 Å². The first-order chi connectivity index (χ1) is 9.97. The Balaban J connectivity index is 1.98. The molecule has 0 saturated carbocycles. The van der Waals surface area contributed by atoms with E-state index in [2.05, 4.69) is 10.6 Å². The van der Waals surface area contributed by atoms with Crippen LogP contribution in [0.1, 0.15) is 5.56 Å². The molecule has 21 heavy (non-hydrogen) atoms. The van der Waals surface area contributed by atoms with Gasteiger partial charge >= 0.3 is 0 Å². The van der Waals surface area contributed by atoms with Gasteiger partial charge in [0.15, 0.2) is 5.82 Å². The van der Waals surface area contributed by atoms with Crippen molar-refractivity contribution in [1.82, 2.24) is 0 Å². The fourth-order valence-electron chi connectivity index (χ4n) is 1.73. The second kappa shape index (κ2) is 6.54. The van der Waals surface area contributed by atoms with Crippen molar-refractivity contribution in [1.29, 1.82) is 0 Å². The Kier molecular flexibility index (Phi) is 4.75. The minimum absolute atomic E-state index is 0.250. The van der Waals surface area contributed by atoms with Crippen LogP contribution in [-0.4, -0.2) is 12.5 Å². The molecule has 0 aromatic heterocycles. The van der Waals surface area contributed by atoms with Crippen molar-refractivity contribution in [3.8, 4) is 0 Å². The Morgan fingerprint density at radius 2 is 1.81 bits per heavy atom. The highest BCUT2D eigenvalue weighted by Crippen LogP contribution is 2.21. The summed E-state index contributed by atoms with van der Waals surface area (Å²) in [6.07, 6.45) is 0. The molecule has 2 N–H and O–H groups in total. The van der Waals surface area contributed by atoms with Gasteiger partial charge < -0.3 is 10.6 Å². The molecule has 0 bridgehead atoms. The molecule has 0 unspecified atom stereocenters. The minimum Gasteiger partial charge on any atom is -0.371 e. The van der Waals surface area contributed by atoms with E-state index in [-0.39, 0.29) is 12.2 Å². The van der Waals surface area contributed by atoms with E-state index in [0.29, 0.717) is 16.3 Å². The highest BCUT2D eigenvalue weighted by molar-refractivity contribution is 6.30. The molecule has 1 amide bonds. The first kappa shape index (κ1) is 15.3. The van der Waals surface area contributed by atoms with Crippen molar-refractivity contribution in [2.24, 2.45) is 0 Å². The molecule has 0 spiro atoms. The number of carbonyl (C=O) groups is 1. The molecule has 2 rings (SSSR count). The van der Waals surface area contributed by atoms with Crippen molar-refractivity contribution in [3.05, 3.63) is 58.6 Å². The summed E-state index contributed by atoms with van der Waals surface area (Å²) >= 11 is 5.73. The molecule has 6 heteroatoms. The third-order valence-corrected chi connectivity index (χ3v) is 3.09. The van der Waals surface area contributed by atoms with E-state index < -0.39 is 17.5 Å². The number of hydrogen-bond donors (Lipinski definition) is 2. The van der Waals surface area contributed by atoms with E-state index in [1.54, 1.807) is 24.3 Å². The van der Waals surface area contributed by atoms with Crippen LogP contribution in [0, 0.1) is 18.6 Å². The lowest BCUT2D eigenvalue weighted by molar-refractivity contribution is -0.114. The molecule has 0 radical (unpaired) electrons. The molecule has 2 aromatic rings. The van der Waals surface area contributed by atoms with E-state index in [4.69, 9.17) is 11.6 Å². The number of anilines is 2. The fraction of sp³-hybridized carbons (Fsp3) is 0.133. The van der Waals surface area contributed by atoms with Gasteiger partial charge in [-0.25, -0.2) is 8.78 Å². The highest BCUT2D eigenvalue weighted by atomic mass is 35.5. The second-order valence-corrected chi connectivity index (χ2v) is 4.90. The zero-order valence-corrected chi connectivity index (χ0v) is 12.0. The Labute approximate surface area is 125 Å². The minimum atomic E-state index is -0.739. The summed E-state index contributed by atoms with van der Waals surface area (Å²) < 4.78 is 27.2. The summed E-state index contributed by atoms with van der Waals surface area (Å²) in [7, 11) is 0. The predicted octanol–water partition coefficient (Wildman–Crippen LogP) is 3.98. The topological polar surface area (TPSA) is 41.1 Å². The van der Waals surface area contributed by atoms with Crippen LogP contribution >= 0.6 is 11.6 Å². The number of benzene rings is 2. The summed E-state index contributed by atoms with van der Waals surface area (Å²) in [4.78, 5) is 11.7. The molecule has 3 nitrogen and oxygen atoms in total. The predicted molar refractivity (Wildman–Crippen MR) is 79.7 cm³/mol. The molecule has 0 fully saturated rings. The number of carbonyl (C=O) groups excluding carboxylic acids is 1. The van der Waals surface area contributed by atoms with E-state index >= 15 is 0 Å². The lowest BCUT2D eigenvalue weighted by Crippen LogP contribution is -2.22. The SMILES string of the molecule is Cc1ccc(F)c(NCC(=O)Nc2ccc(Cl)cc2)c1F. The number of aryl methyl sites for hydroxylation is 1.